The smallest absolute Gasteiger partial charge is 0.130 e. The van der Waals surface area contributed by atoms with E-state index in [0.29, 0.717) is 5.75 Å². The minimum absolute atomic E-state index is 0.544. The molecule has 0 heterocycles. The van der Waals surface area contributed by atoms with Crippen molar-refractivity contribution < 1.29 is 4.79 Å². The van der Waals surface area contributed by atoms with E-state index in [1.165, 1.54) is 16.0 Å². The van der Waals surface area contributed by atoms with E-state index >= 15 is 0 Å². The predicted octanol–water partition coefficient (Wildman–Crippen LogP) is 2.59. The second-order valence-electron chi connectivity index (χ2n) is 2.72. The van der Waals surface area contributed by atoms with E-state index in [9.17, 15) is 4.79 Å². The lowest BCUT2D eigenvalue weighted by atomic mass is 10.1. The maximum absolute atomic E-state index is 10.1. The molecule has 0 aliphatic rings. The molecule has 1 aromatic rings. The van der Waals surface area contributed by atoms with E-state index in [1.54, 1.807) is 11.8 Å². The lowest BCUT2D eigenvalue weighted by Gasteiger charge is -2.02. The molecule has 0 saturated heterocycles. The molecule has 0 N–H and O–H groups in total. The lowest BCUT2D eigenvalue weighted by molar-refractivity contribution is -0.105. The Kier molecular flexibility index (Phi) is 3.35. The van der Waals surface area contributed by atoms with Crippen LogP contribution in [0.1, 0.15) is 11.1 Å². The highest BCUT2D eigenvalue weighted by Gasteiger charge is 1.95. The molecule has 0 fully saturated rings. The third-order valence-corrected chi connectivity index (χ3v) is 2.69. The summed E-state index contributed by atoms with van der Waals surface area (Å²) in [5.74, 6) is 0.544. The zero-order chi connectivity index (χ0) is 8.97. The number of carbonyl (C=O) groups is 1. The second-order valence-corrected chi connectivity index (χ2v) is 3.82. The summed E-state index contributed by atoms with van der Waals surface area (Å²) in [5.41, 5.74) is 2.58. The van der Waals surface area contributed by atoms with Gasteiger partial charge in [0, 0.05) is 4.90 Å². The molecule has 0 spiro atoms. The molecule has 0 radical (unpaired) electrons. The molecule has 0 aliphatic carbocycles. The third-order valence-electron chi connectivity index (χ3n) is 1.80. The van der Waals surface area contributed by atoms with E-state index < -0.39 is 0 Å². The van der Waals surface area contributed by atoms with Gasteiger partial charge in [-0.2, -0.15) is 0 Å². The summed E-state index contributed by atoms with van der Waals surface area (Å²) in [7, 11) is 0. The van der Waals surface area contributed by atoms with Gasteiger partial charge in [-0.15, -0.1) is 11.8 Å². The van der Waals surface area contributed by atoms with Gasteiger partial charge in [-0.3, -0.25) is 0 Å². The first-order valence-corrected chi connectivity index (χ1v) is 4.86. The summed E-state index contributed by atoms with van der Waals surface area (Å²) in [6.45, 7) is 4.17. The Hall–Kier alpha value is -0.760. The summed E-state index contributed by atoms with van der Waals surface area (Å²) >= 11 is 1.58. The van der Waals surface area contributed by atoms with Crippen molar-refractivity contribution in [3.05, 3.63) is 29.3 Å². The van der Waals surface area contributed by atoms with E-state index in [0.717, 1.165) is 6.29 Å². The van der Waals surface area contributed by atoms with Gasteiger partial charge in [-0.25, -0.2) is 0 Å². The first-order valence-electron chi connectivity index (χ1n) is 3.87. The molecule has 1 nitrogen and oxygen atoms in total. The fraction of sp³-hybridized carbons (Fsp3) is 0.300. The fourth-order valence-electron chi connectivity index (χ4n) is 0.934. The van der Waals surface area contributed by atoms with Crippen LogP contribution in [-0.4, -0.2) is 12.0 Å². The van der Waals surface area contributed by atoms with Crippen LogP contribution in [-0.2, 0) is 4.79 Å². The minimum Gasteiger partial charge on any atom is -0.302 e. The number of hydrogen-bond acceptors (Lipinski definition) is 2. The topological polar surface area (TPSA) is 17.1 Å². The number of carbonyl (C=O) groups excluding carboxylic acids is 1. The Morgan fingerprint density at radius 1 is 1.33 bits per heavy atom. The standard InChI is InChI=1S/C10H12OS/c1-8-3-4-10(7-9(8)2)12-6-5-11/h3-5,7H,6H2,1-2H3. The van der Waals surface area contributed by atoms with Crippen LogP contribution >= 0.6 is 11.8 Å². The molecule has 1 aromatic carbocycles. The van der Waals surface area contributed by atoms with Gasteiger partial charge in [-0.05, 0) is 37.1 Å². The first-order chi connectivity index (χ1) is 5.74. The van der Waals surface area contributed by atoms with Crippen molar-refractivity contribution in [3.63, 3.8) is 0 Å². The monoisotopic (exact) mass is 180 g/mol. The van der Waals surface area contributed by atoms with Crippen molar-refractivity contribution in [2.45, 2.75) is 18.7 Å². The number of hydrogen-bond donors (Lipinski definition) is 0. The van der Waals surface area contributed by atoms with E-state index in [4.69, 9.17) is 0 Å². The van der Waals surface area contributed by atoms with Crippen LogP contribution in [0.3, 0.4) is 0 Å². The molecule has 0 aliphatic heterocycles. The lowest BCUT2D eigenvalue weighted by Crippen LogP contribution is -1.83. The Morgan fingerprint density at radius 3 is 2.67 bits per heavy atom. The van der Waals surface area contributed by atoms with Gasteiger partial charge in [0.25, 0.3) is 0 Å². The highest BCUT2D eigenvalue weighted by Crippen LogP contribution is 2.19. The Bertz CT molecular complexity index is 281. The molecule has 2 heteroatoms. The average Bonchev–Trinajstić information content (AvgIpc) is 2.07. The quantitative estimate of drug-likeness (QED) is 0.525. The molecule has 0 unspecified atom stereocenters. The normalized spacial score (nSPS) is 9.83. The van der Waals surface area contributed by atoms with Crippen molar-refractivity contribution in [2.24, 2.45) is 0 Å². The fourth-order valence-corrected chi connectivity index (χ4v) is 1.62. The molecule has 1 rings (SSSR count). The van der Waals surface area contributed by atoms with Crippen LogP contribution in [0.4, 0.5) is 0 Å². The summed E-state index contributed by atoms with van der Waals surface area (Å²) in [4.78, 5) is 11.3. The maximum Gasteiger partial charge on any atom is 0.130 e. The molecule has 0 amide bonds. The van der Waals surface area contributed by atoms with Crippen molar-refractivity contribution in [3.8, 4) is 0 Å². The van der Waals surface area contributed by atoms with Crippen LogP contribution in [0.5, 0.6) is 0 Å². The maximum atomic E-state index is 10.1. The molecule has 64 valence electrons. The molecule has 0 atom stereocenters. The number of aldehydes is 1. The van der Waals surface area contributed by atoms with E-state index in [2.05, 4.69) is 32.0 Å². The van der Waals surface area contributed by atoms with Crippen LogP contribution in [0.15, 0.2) is 23.1 Å². The Balaban J connectivity index is 2.75. The van der Waals surface area contributed by atoms with E-state index in [1.807, 2.05) is 0 Å². The van der Waals surface area contributed by atoms with Gasteiger partial charge in [0.2, 0.25) is 0 Å². The van der Waals surface area contributed by atoms with Crippen LogP contribution in [0.25, 0.3) is 0 Å². The predicted molar refractivity (Wildman–Crippen MR) is 52.7 cm³/mol. The SMILES string of the molecule is Cc1ccc(SCC=O)cc1C. The summed E-state index contributed by atoms with van der Waals surface area (Å²) < 4.78 is 0. The highest BCUT2D eigenvalue weighted by atomic mass is 32.2. The van der Waals surface area contributed by atoms with Gasteiger partial charge in [0.15, 0.2) is 0 Å². The minimum atomic E-state index is 0.544. The number of benzene rings is 1. The van der Waals surface area contributed by atoms with Gasteiger partial charge >= 0.3 is 0 Å². The zero-order valence-corrected chi connectivity index (χ0v) is 8.15. The van der Waals surface area contributed by atoms with Crippen molar-refractivity contribution >= 4 is 18.0 Å². The molecule has 0 bridgehead atoms. The van der Waals surface area contributed by atoms with Gasteiger partial charge in [0.05, 0.1) is 5.75 Å². The largest absolute Gasteiger partial charge is 0.302 e. The Morgan fingerprint density at radius 2 is 2.08 bits per heavy atom. The highest BCUT2D eigenvalue weighted by molar-refractivity contribution is 7.99. The van der Waals surface area contributed by atoms with Crippen molar-refractivity contribution in [1.82, 2.24) is 0 Å². The van der Waals surface area contributed by atoms with Crippen LogP contribution in [0.2, 0.25) is 0 Å². The zero-order valence-electron chi connectivity index (χ0n) is 7.33. The summed E-state index contributed by atoms with van der Waals surface area (Å²) in [6, 6.07) is 6.25. The van der Waals surface area contributed by atoms with Gasteiger partial charge in [-0.1, -0.05) is 6.07 Å². The molecular formula is C10H12OS. The first kappa shape index (κ1) is 9.33. The molecule has 12 heavy (non-hydrogen) atoms. The van der Waals surface area contributed by atoms with Gasteiger partial charge in [0.1, 0.15) is 6.29 Å². The summed E-state index contributed by atoms with van der Waals surface area (Å²) in [6.07, 6.45) is 0.930. The van der Waals surface area contributed by atoms with Crippen molar-refractivity contribution in [2.75, 3.05) is 5.75 Å². The summed E-state index contributed by atoms with van der Waals surface area (Å²) in [5, 5.41) is 0. The molecule has 0 aromatic heterocycles. The van der Waals surface area contributed by atoms with Crippen molar-refractivity contribution in [1.29, 1.82) is 0 Å². The third kappa shape index (κ3) is 2.38. The number of thioether (sulfide) groups is 1. The van der Waals surface area contributed by atoms with Crippen LogP contribution < -0.4 is 0 Å². The van der Waals surface area contributed by atoms with E-state index in [-0.39, 0.29) is 0 Å². The Labute approximate surface area is 77.2 Å². The van der Waals surface area contributed by atoms with Gasteiger partial charge < -0.3 is 4.79 Å². The number of aryl methyl sites for hydroxylation is 2. The number of rotatable bonds is 3. The second kappa shape index (κ2) is 4.31. The van der Waals surface area contributed by atoms with Crippen LogP contribution in [0, 0.1) is 13.8 Å². The molecule has 0 saturated carbocycles. The average molecular weight is 180 g/mol. The molecular weight excluding hydrogens is 168 g/mol.